The molecular weight excluding hydrogens is 304 g/mol. The summed E-state index contributed by atoms with van der Waals surface area (Å²) in [5, 5.41) is 11.4. The van der Waals surface area contributed by atoms with Crippen molar-refractivity contribution in [2.75, 3.05) is 18.2 Å². The Kier molecular flexibility index (Phi) is 5.16. The minimum absolute atomic E-state index is 0.156. The van der Waals surface area contributed by atoms with Gasteiger partial charge in [-0.25, -0.2) is 4.79 Å². The third-order valence-corrected chi connectivity index (χ3v) is 3.99. The number of nitrogens with zero attached hydrogens (tertiary/aromatic N) is 3. The molecule has 2 aromatic rings. The molecule has 0 radical (unpaired) electrons. The largest absolute Gasteiger partial charge is 0.465 e. The van der Waals surface area contributed by atoms with E-state index in [9.17, 15) is 9.59 Å². The van der Waals surface area contributed by atoms with Crippen molar-refractivity contribution >= 4 is 29.3 Å². The summed E-state index contributed by atoms with van der Waals surface area (Å²) in [5.74, 6) is 0.453. The number of nitrogens with one attached hydrogen (secondary N) is 1. The first-order valence-corrected chi connectivity index (χ1v) is 7.47. The number of ether oxygens (including phenoxy) is 1. The van der Waals surface area contributed by atoms with Crippen LogP contribution in [0.4, 0.5) is 5.69 Å². The second kappa shape index (κ2) is 7.08. The number of hydrogen-bond acceptors (Lipinski definition) is 6. The van der Waals surface area contributed by atoms with Crippen LogP contribution in [0.25, 0.3) is 0 Å². The highest BCUT2D eigenvalue weighted by molar-refractivity contribution is 7.99. The predicted octanol–water partition coefficient (Wildman–Crippen LogP) is 1.64. The van der Waals surface area contributed by atoms with Crippen LogP contribution >= 0.6 is 11.8 Å². The zero-order valence-corrected chi connectivity index (χ0v) is 13.3. The molecule has 1 amide bonds. The van der Waals surface area contributed by atoms with Crippen LogP contribution in [-0.2, 0) is 16.6 Å². The number of esters is 1. The topological polar surface area (TPSA) is 86.1 Å². The van der Waals surface area contributed by atoms with Gasteiger partial charge >= 0.3 is 5.97 Å². The molecular formula is C14H16N4O3S. The lowest BCUT2D eigenvalue weighted by Gasteiger charge is -2.06. The normalized spacial score (nSPS) is 10.3. The van der Waals surface area contributed by atoms with Gasteiger partial charge < -0.3 is 14.6 Å². The minimum Gasteiger partial charge on any atom is -0.465 e. The molecule has 1 aromatic carbocycles. The number of carbonyl (C=O) groups is 2. The van der Waals surface area contributed by atoms with Gasteiger partial charge in [-0.1, -0.05) is 11.8 Å². The predicted molar refractivity (Wildman–Crippen MR) is 82.9 cm³/mol. The molecule has 7 nitrogen and oxygen atoms in total. The van der Waals surface area contributed by atoms with Crippen LogP contribution in [0.1, 0.15) is 16.2 Å². The fourth-order valence-corrected chi connectivity index (χ4v) is 2.40. The van der Waals surface area contributed by atoms with E-state index in [1.165, 1.54) is 18.9 Å². The lowest BCUT2D eigenvalue weighted by molar-refractivity contribution is -0.113. The van der Waals surface area contributed by atoms with Crippen LogP contribution in [0.5, 0.6) is 0 Å². The zero-order valence-electron chi connectivity index (χ0n) is 12.5. The maximum absolute atomic E-state index is 11.9. The second-order valence-corrected chi connectivity index (χ2v) is 5.44. The highest BCUT2D eigenvalue weighted by Crippen LogP contribution is 2.16. The third-order valence-electron chi connectivity index (χ3n) is 2.97. The summed E-state index contributed by atoms with van der Waals surface area (Å²) in [5.41, 5.74) is 1.05. The molecule has 8 heteroatoms. The second-order valence-electron chi connectivity index (χ2n) is 4.49. The summed E-state index contributed by atoms with van der Waals surface area (Å²) >= 11 is 1.31. The Balaban J connectivity index is 1.89. The number of carbonyl (C=O) groups excluding carboxylic acids is 2. The highest BCUT2D eigenvalue weighted by atomic mass is 32.2. The molecule has 0 unspecified atom stereocenters. The zero-order chi connectivity index (χ0) is 16.1. The third kappa shape index (κ3) is 3.85. The van der Waals surface area contributed by atoms with Gasteiger partial charge in [0.05, 0.1) is 18.4 Å². The van der Waals surface area contributed by atoms with Gasteiger partial charge in [-0.2, -0.15) is 0 Å². The monoisotopic (exact) mass is 320 g/mol. The van der Waals surface area contributed by atoms with E-state index in [0.717, 1.165) is 5.82 Å². The number of benzene rings is 1. The molecule has 0 saturated carbocycles. The van der Waals surface area contributed by atoms with Crippen LogP contribution in [0.2, 0.25) is 0 Å². The van der Waals surface area contributed by atoms with Crippen LogP contribution < -0.4 is 5.32 Å². The van der Waals surface area contributed by atoms with Crippen molar-refractivity contribution in [2.24, 2.45) is 7.05 Å². The molecule has 0 aliphatic carbocycles. The summed E-state index contributed by atoms with van der Waals surface area (Å²) in [6.45, 7) is 1.85. The Morgan fingerprint density at radius 3 is 2.50 bits per heavy atom. The van der Waals surface area contributed by atoms with E-state index in [4.69, 9.17) is 0 Å². The van der Waals surface area contributed by atoms with Gasteiger partial charge in [0, 0.05) is 12.7 Å². The van der Waals surface area contributed by atoms with Crippen molar-refractivity contribution in [3.05, 3.63) is 35.7 Å². The molecule has 0 bridgehead atoms. The Bertz CT molecular complexity index is 682. The molecule has 0 saturated heterocycles. The summed E-state index contributed by atoms with van der Waals surface area (Å²) < 4.78 is 6.44. The lowest BCUT2D eigenvalue weighted by Crippen LogP contribution is -2.14. The van der Waals surface area contributed by atoms with Gasteiger partial charge in [-0.15, -0.1) is 10.2 Å². The van der Waals surface area contributed by atoms with Gasteiger partial charge in [-0.3, -0.25) is 4.79 Å². The van der Waals surface area contributed by atoms with E-state index >= 15 is 0 Å². The van der Waals surface area contributed by atoms with Crippen molar-refractivity contribution in [3.8, 4) is 0 Å². The van der Waals surface area contributed by atoms with E-state index in [2.05, 4.69) is 20.3 Å². The standard InChI is InChI=1S/C14H16N4O3S/c1-9-16-17-14(18(9)2)22-8-12(19)15-11-6-4-10(5-7-11)13(20)21-3/h4-7H,8H2,1-3H3,(H,15,19). The number of methoxy groups -OCH3 is 1. The maximum atomic E-state index is 11.9. The number of aryl methyl sites for hydroxylation is 1. The smallest absolute Gasteiger partial charge is 0.337 e. The number of amides is 1. The molecule has 22 heavy (non-hydrogen) atoms. The van der Waals surface area contributed by atoms with Crippen molar-refractivity contribution in [2.45, 2.75) is 12.1 Å². The molecule has 0 fully saturated rings. The number of anilines is 1. The van der Waals surface area contributed by atoms with E-state index in [1.807, 2.05) is 18.5 Å². The number of hydrogen-bond donors (Lipinski definition) is 1. The fourth-order valence-electron chi connectivity index (χ4n) is 1.65. The van der Waals surface area contributed by atoms with E-state index in [0.29, 0.717) is 16.4 Å². The highest BCUT2D eigenvalue weighted by Gasteiger charge is 2.10. The van der Waals surface area contributed by atoms with Crippen molar-refractivity contribution < 1.29 is 14.3 Å². The molecule has 0 spiro atoms. The van der Waals surface area contributed by atoms with Crippen LogP contribution in [0, 0.1) is 6.92 Å². The average molecular weight is 320 g/mol. The number of rotatable bonds is 5. The van der Waals surface area contributed by atoms with E-state index < -0.39 is 5.97 Å². The quantitative estimate of drug-likeness (QED) is 0.666. The lowest BCUT2D eigenvalue weighted by atomic mass is 10.2. The SMILES string of the molecule is COC(=O)c1ccc(NC(=O)CSc2nnc(C)n2C)cc1. The van der Waals surface area contributed by atoms with Gasteiger partial charge in [0.2, 0.25) is 5.91 Å². The Morgan fingerprint density at radius 2 is 1.95 bits per heavy atom. The Labute approximate surface area is 132 Å². The first-order chi connectivity index (χ1) is 10.5. The summed E-state index contributed by atoms with van der Waals surface area (Å²) in [7, 11) is 3.17. The van der Waals surface area contributed by atoms with Crippen LogP contribution in [0.3, 0.4) is 0 Å². The summed E-state index contributed by atoms with van der Waals surface area (Å²) in [6.07, 6.45) is 0. The average Bonchev–Trinajstić information content (AvgIpc) is 2.84. The summed E-state index contributed by atoms with van der Waals surface area (Å²) in [4.78, 5) is 23.2. The molecule has 0 aliphatic heterocycles. The van der Waals surface area contributed by atoms with Gasteiger partial charge in [0.1, 0.15) is 5.82 Å². The first-order valence-electron chi connectivity index (χ1n) is 6.48. The van der Waals surface area contributed by atoms with Gasteiger partial charge in [0.25, 0.3) is 0 Å². The minimum atomic E-state index is -0.411. The molecule has 0 atom stereocenters. The van der Waals surface area contributed by atoms with Crippen molar-refractivity contribution in [1.29, 1.82) is 0 Å². The molecule has 1 heterocycles. The maximum Gasteiger partial charge on any atom is 0.337 e. The Hall–Kier alpha value is -2.35. The molecule has 1 aromatic heterocycles. The van der Waals surface area contributed by atoms with Crippen LogP contribution in [-0.4, -0.2) is 39.5 Å². The molecule has 116 valence electrons. The molecule has 1 N–H and O–H groups in total. The van der Waals surface area contributed by atoms with E-state index in [1.54, 1.807) is 24.3 Å². The Morgan fingerprint density at radius 1 is 1.27 bits per heavy atom. The van der Waals surface area contributed by atoms with E-state index in [-0.39, 0.29) is 11.7 Å². The molecule has 0 aliphatic rings. The van der Waals surface area contributed by atoms with Gasteiger partial charge in [-0.05, 0) is 31.2 Å². The van der Waals surface area contributed by atoms with Crippen molar-refractivity contribution in [3.63, 3.8) is 0 Å². The number of aromatic nitrogens is 3. The molecule has 2 rings (SSSR count). The first kappa shape index (κ1) is 16.0. The summed E-state index contributed by atoms with van der Waals surface area (Å²) in [6, 6.07) is 6.50. The van der Waals surface area contributed by atoms with Gasteiger partial charge in [0.15, 0.2) is 5.16 Å². The number of thioether (sulfide) groups is 1. The fraction of sp³-hybridized carbons (Fsp3) is 0.286. The van der Waals surface area contributed by atoms with Crippen LogP contribution in [0.15, 0.2) is 29.4 Å². The van der Waals surface area contributed by atoms with Crippen molar-refractivity contribution in [1.82, 2.24) is 14.8 Å².